The van der Waals surface area contributed by atoms with E-state index >= 15 is 0 Å². The van der Waals surface area contributed by atoms with Crippen molar-refractivity contribution in [2.45, 2.75) is 95.4 Å². The molecular formula is C55H68. The van der Waals surface area contributed by atoms with Gasteiger partial charge < -0.3 is 0 Å². The Bertz CT molecular complexity index is 1860. The summed E-state index contributed by atoms with van der Waals surface area (Å²) >= 11 is 0. The van der Waals surface area contributed by atoms with Crippen molar-refractivity contribution in [3.63, 3.8) is 0 Å². The van der Waals surface area contributed by atoms with Gasteiger partial charge in [0, 0.05) is 6.42 Å². The highest BCUT2D eigenvalue weighted by Crippen LogP contribution is 2.25. The van der Waals surface area contributed by atoms with Crippen LogP contribution in [-0.4, -0.2) is 0 Å². The van der Waals surface area contributed by atoms with E-state index in [1.165, 1.54) is 39.8 Å². The van der Waals surface area contributed by atoms with Crippen molar-refractivity contribution in [3.05, 3.63) is 215 Å². The van der Waals surface area contributed by atoms with Crippen molar-refractivity contribution < 1.29 is 0 Å². The molecule has 0 unspecified atom stereocenters. The Morgan fingerprint density at radius 1 is 0.673 bits per heavy atom. The molecule has 4 aromatic carbocycles. The first-order valence-corrected chi connectivity index (χ1v) is 19.8. The van der Waals surface area contributed by atoms with Crippen LogP contribution < -0.4 is 0 Å². The molecule has 0 heterocycles. The van der Waals surface area contributed by atoms with Crippen LogP contribution in [0.3, 0.4) is 0 Å². The second-order valence-corrected chi connectivity index (χ2v) is 12.3. The number of hydrogen-bond acceptors (Lipinski definition) is 0. The van der Waals surface area contributed by atoms with E-state index in [0.717, 1.165) is 35.1 Å². The van der Waals surface area contributed by atoms with Crippen LogP contribution in [-0.2, 0) is 6.42 Å². The van der Waals surface area contributed by atoms with Crippen molar-refractivity contribution in [1.29, 1.82) is 0 Å². The van der Waals surface area contributed by atoms with Gasteiger partial charge in [0.15, 0.2) is 0 Å². The van der Waals surface area contributed by atoms with Gasteiger partial charge in [0.25, 0.3) is 0 Å². The van der Waals surface area contributed by atoms with Crippen LogP contribution in [0.4, 0.5) is 0 Å². The van der Waals surface area contributed by atoms with Crippen LogP contribution in [0.5, 0.6) is 0 Å². The van der Waals surface area contributed by atoms with E-state index < -0.39 is 0 Å². The van der Waals surface area contributed by atoms with E-state index in [-0.39, 0.29) is 0 Å². The Kier molecular flexibility index (Phi) is 29.6. The fraction of sp³-hybridized carbons (Fsp3) is 0.255. The molecule has 4 rings (SSSR count). The molecule has 4 aromatic rings. The average molecular weight is 729 g/mol. The van der Waals surface area contributed by atoms with Gasteiger partial charge in [0.05, 0.1) is 0 Å². The molecular weight excluding hydrogens is 661 g/mol. The standard InChI is InChI=1S/C39H40.C6H6.C5H8.C3H8.C2H6/c1-7-17-34(8-2)32(5)28-30(3)24-25-31(4)39-23-16-15-22-37(39)26-27-38(36-20-13-10-14-21-36)29-33(6)35-18-11-9-12-19-35;1-2-4-6-5-3-1;1-3-5-4-2;1-3-2;1-2/h7-24,27-29H,5,26H2,1-4,6H3;1-6H;3H2,1-2H3;3H2,1-2H3;1-2H3/b17-7-,30-28-,33-29+,34-8+,38-27+;;;;. The summed E-state index contributed by atoms with van der Waals surface area (Å²) in [5.74, 6) is 5.63. The number of rotatable bonds is 10. The molecule has 0 atom stereocenters. The molecule has 0 aromatic heterocycles. The van der Waals surface area contributed by atoms with Gasteiger partial charge in [-0.05, 0) is 110 Å². The summed E-state index contributed by atoms with van der Waals surface area (Å²) in [7, 11) is 0. The maximum atomic E-state index is 4.23. The Hall–Kier alpha value is -5.60. The summed E-state index contributed by atoms with van der Waals surface area (Å²) in [6.07, 6.45) is 18.1. The summed E-state index contributed by atoms with van der Waals surface area (Å²) in [6.45, 7) is 26.8. The normalized spacial score (nSPS) is 10.9. The van der Waals surface area contributed by atoms with Gasteiger partial charge in [-0.2, -0.15) is 0 Å². The monoisotopic (exact) mass is 729 g/mol. The largest absolute Gasteiger partial charge is 0.117 e. The van der Waals surface area contributed by atoms with E-state index in [1.807, 2.05) is 84.0 Å². The highest BCUT2D eigenvalue weighted by molar-refractivity contribution is 5.83. The Morgan fingerprint density at radius 2 is 1.16 bits per heavy atom. The minimum atomic E-state index is 0.831. The predicted octanol–water partition coefficient (Wildman–Crippen LogP) is 16.5. The molecule has 0 fully saturated rings. The van der Waals surface area contributed by atoms with Crippen molar-refractivity contribution in [2.75, 3.05) is 0 Å². The third-order valence-corrected chi connectivity index (χ3v) is 7.64. The SMILES string of the molecule is C=C(/C=C(/C)C=C=C(C)c1ccccc1C/C=C(\C=C(/C)c1ccccc1)c1ccccc1)C(/C=C\C)=C/C.CC.CC#CCC.CCC.c1ccccc1. The van der Waals surface area contributed by atoms with Crippen LogP contribution in [0.15, 0.2) is 193 Å². The first kappa shape index (κ1) is 49.4. The fourth-order valence-electron chi connectivity index (χ4n) is 5.02. The molecule has 0 aliphatic carbocycles. The lowest BCUT2D eigenvalue weighted by molar-refractivity contribution is 1.09. The average Bonchev–Trinajstić information content (AvgIpc) is 3.23. The van der Waals surface area contributed by atoms with Crippen LogP contribution in [0, 0.1) is 11.8 Å². The number of allylic oxidation sites excluding steroid dienone is 12. The van der Waals surface area contributed by atoms with Gasteiger partial charge in [-0.25, -0.2) is 0 Å². The molecule has 55 heavy (non-hydrogen) atoms. The minimum Gasteiger partial charge on any atom is -0.117 e. The highest BCUT2D eigenvalue weighted by Gasteiger charge is 2.05. The Balaban J connectivity index is 0.00000152. The second kappa shape index (κ2) is 33.0. The molecule has 288 valence electrons. The summed E-state index contributed by atoms with van der Waals surface area (Å²) in [4.78, 5) is 0. The van der Waals surface area contributed by atoms with E-state index in [0.29, 0.717) is 0 Å². The lowest BCUT2D eigenvalue weighted by atomic mass is 9.95. The lowest BCUT2D eigenvalue weighted by Gasteiger charge is -2.10. The molecule has 0 N–H and O–H groups in total. The Labute approximate surface area is 337 Å². The zero-order valence-electron chi connectivity index (χ0n) is 35.9. The topological polar surface area (TPSA) is 0 Å². The molecule has 0 heteroatoms. The quantitative estimate of drug-likeness (QED) is 0.0866. The van der Waals surface area contributed by atoms with Gasteiger partial charge in [-0.3, -0.25) is 0 Å². The number of benzene rings is 4. The van der Waals surface area contributed by atoms with Crippen LogP contribution >= 0.6 is 0 Å². The van der Waals surface area contributed by atoms with E-state index in [4.69, 9.17) is 0 Å². The highest BCUT2D eigenvalue weighted by atomic mass is 14.1. The van der Waals surface area contributed by atoms with Gasteiger partial charge in [-0.15, -0.1) is 17.6 Å². The van der Waals surface area contributed by atoms with Crippen molar-refractivity contribution in [2.24, 2.45) is 0 Å². The van der Waals surface area contributed by atoms with E-state index in [1.54, 1.807) is 0 Å². The first-order valence-electron chi connectivity index (χ1n) is 19.8. The van der Waals surface area contributed by atoms with Gasteiger partial charge in [0.2, 0.25) is 0 Å². The minimum absolute atomic E-state index is 0.831. The first-order chi connectivity index (χ1) is 26.8. The molecule has 0 amide bonds. The van der Waals surface area contributed by atoms with Crippen LogP contribution in [0.25, 0.3) is 16.7 Å². The third-order valence-electron chi connectivity index (χ3n) is 7.64. The predicted molar refractivity (Wildman–Crippen MR) is 251 cm³/mol. The smallest absolute Gasteiger partial charge is 0.00601 e. The maximum absolute atomic E-state index is 4.23. The fourth-order valence-corrected chi connectivity index (χ4v) is 5.02. The van der Waals surface area contributed by atoms with Crippen molar-refractivity contribution >= 4 is 16.7 Å². The molecule has 0 aliphatic rings. The molecule has 0 bridgehead atoms. The van der Waals surface area contributed by atoms with Gasteiger partial charge in [-0.1, -0.05) is 205 Å². The molecule has 0 saturated carbocycles. The summed E-state index contributed by atoms with van der Waals surface area (Å²) in [5.41, 5.74) is 15.3. The molecule has 0 spiro atoms. The Morgan fingerprint density at radius 3 is 1.64 bits per heavy atom. The summed E-state index contributed by atoms with van der Waals surface area (Å²) in [5, 5.41) is 0. The van der Waals surface area contributed by atoms with Gasteiger partial charge >= 0.3 is 0 Å². The zero-order valence-corrected chi connectivity index (χ0v) is 35.9. The van der Waals surface area contributed by atoms with E-state index in [2.05, 4.69) is 180 Å². The molecule has 0 saturated heterocycles. The summed E-state index contributed by atoms with van der Waals surface area (Å²) < 4.78 is 0. The lowest BCUT2D eigenvalue weighted by Crippen LogP contribution is -1.92. The van der Waals surface area contributed by atoms with Crippen molar-refractivity contribution in [3.8, 4) is 11.8 Å². The van der Waals surface area contributed by atoms with Crippen LogP contribution in [0.1, 0.15) is 111 Å². The zero-order chi connectivity index (χ0) is 41.1. The van der Waals surface area contributed by atoms with E-state index in [9.17, 15) is 0 Å². The third kappa shape index (κ3) is 22.3. The van der Waals surface area contributed by atoms with Crippen LogP contribution in [0.2, 0.25) is 0 Å². The van der Waals surface area contributed by atoms with Gasteiger partial charge in [0.1, 0.15) is 0 Å². The maximum Gasteiger partial charge on any atom is 0.00601 e. The number of hydrogen-bond donors (Lipinski definition) is 0. The van der Waals surface area contributed by atoms with Crippen molar-refractivity contribution in [1.82, 2.24) is 0 Å². The summed E-state index contributed by atoms with van der Waals surface area (Å²) in [6, 6.07) is 41.8. The molecule has 0 radical (unpaired) electrons. The second-order valence-electron chi connectivity index (χ2n) is 12.3. The molecule has 0 nitrogen and oxygen atoms in total. The molecule has 0 aliphatic heterocycles.